The Morgan fingerprint density at radius 2 is 1.95 bits per heavy atom. The maximum atomic E-state index is 12.3. The fraction of sp³-hybridized carbons (Fsp3) is 0.538. The Bertz CT molecular complexity index is 525. The average Bonchev–Trinajstić information content (AvgIpc) is 2.39. The van der Waals surface area contributed by atoms with Gasteiger partial charge in [-0.1, -0.05) is 41.1 Å². The van der Waals surface area contributed by atoms with Crippen LogP contribution in [0, 0.1) is 5.92 Å². The standard InChI is InChI=1S/C13H19BrN2O2S/c1-11-6-8-16(9-7-11)19(17,18)15-13-5-3-2-4-12(13)10-14/h2-5,11,15H,6-10H2,1H3. The highest BCUT2D eigenvalue weighted by atomic mass is 79.9. The topological polar surface area (TPSA) is 49.4 Å². The summed E-state index contributed by atoms with van der Waals surface area (Å²) in [6.07, 6.45) is 1.86. The van der Waals surface area contributed by atoms with Crippen molar-refractivity contribution in [1.29, 1.82) is 0 Å². The predicted molar refractivity (Wildman–Crippen MR) is 81.6 cm³/mol. The zero-order chi connectivity index (χ0) is 13.9. The number of hydrogen-bond donors (Lipinski definition) is 1. The van der Waals surface area contributed by atoms with Gasteiger partial charge in [-0.25, -0.2) is 0 Å². The Kier molecular flexibility index (Phi) is 4.86. The number of nitrogens with one attached hydrogen (secondary N) is 1. The number of piperidine rings is 1. The van der Waals surface area contributed by atoms with E-state index in [1.165, 1.54) is 4.31 Å². The molecule has 106 valence electrons. The second-order valence-corrected chi connectivity index (χ2v) is 7.21. The highest BCUT2D eigenvalue weighted by Crippen LogP contribution is 2.23. The van der Waals surface area contributed by atoms with Crippen molar-refractivity contribution >= 4 is 31.8 Å². The first kappa shape index (κ1) is 14.8. The van der Waals surface area contributed by atoms with Gasteiger partial charge in [0.15, 0.2) is 0 Å². The van der Waals surface area contributed by atoms with E-state index in [-0.39, 0.29) is 0 Å². The fourth-order valence-electron chi connectivity index (χ4n) is 2.17. The third-order valence-electron chi connectivity index (χ3n) is 3.48. The maximum absolute atomic E-state index is 12.3. The number of hydrogen-bond acceptors (Lipinski definition) is 2. The van der Waals surface area contributed by atoms with E-state index in [0.717, 1.165) is 18.4 Å². The van der Waals surface area contributed by atoms with E-state index in [2.05, 4.69) is 27.6 Å². The normalized spacial score (nSPS) is 18.4. The van der Waals surface area contributed by atoms with Gasteiger partial charge in [0.2, 0.25) is 0 Å². The van der Waals surface area contributed by atoms with Crippen molar-refractivity contribution in [2.24, 2.45) is 5.92 Å². The van der Waals surface area contributed by atoms with Gasteiger partial charge in [0.25, 0.3) is 0 Å². The maximum Gasteiger partial charge on any atom is 0.301 e. The van der Waals surface area contributed by atoms with E-state index in [0.29, 0.717) is 30.0 Å². The van der Waals surface area contributed by atoms with Crippen LogP contribution in [0.1, 0.15) is 25.3 Å². The molecule has 1 N–H and O–H groups in total. The van der Waals surface area contributed by atoms with E-state index in [1.807, 2.05) is 18.2 Å². The summed E-state index contributed by atoms with van der Waals surface area (Å²) in [4.78, 5) is 0. The van der Waals surface area contributed by atoms with Gasteiger partial charge in [-0.05, 0) is 30.4 Å². The van der Waals surface area contributed by atoms with Gasteiger partial charge in [-0.3, -0.25) is 4.72 Å². The zero-order valence-corrected chi connectivity index (χ0v) is 13.4. The first-order valence-corrected chi connectivity index (χ1v) is 9.01. The number of benzene rings is 1. The van der Waals surface area contributed by atoms with Gasteiger partial charge < -0.3 is 0 Å². The molecule has 0 spiro atoms. The molecule has 1 saturated heterocycles. The lowest BCUT2D eigenvalue weighted by molar-refractivity contribution is 0.289. The van der Waals surface area contributed by atoms with E-state index in [1.54, 1.807) is 6.07 Å². The zero-order valence-electron chi connectivity index (χ0n) is 11.0. The Morgan fingerprint density at radius 3 is 2.58 bits per heavy atom. The number of rotatable bonds is 4. The van der Waals surface area contributed by atoms with Crippen LogP contribution in [0.3, 0.4) is 0 Å². The molecule has 1 aliphatic heterocycles. The van der Waals surface area contributed by atoms with Crippen LogP contribution in [0.4, 0.5) is 5.69 Å². The number of alkyl halides is 1. The molecule has 1 aliphatic rings. The highest BCUT2D eigenvalue weighted by molar-refractivity contribution is 9.08. The van der Waals surface area contributed by atoms with Crippen LogP contribution in [-0.2, 0) is 15.5 Å². The lowest BCUT2D eigenvalue weighted by Gasteiger charge is -2.29. The summed E-state index contributed by atoms with van der Waals surface area (Å²) in [6.45, 7) is 3.37. The first-order chi connectivity index (χ1) is 9.03. The summed E-state index contributed by atoms with van der Waals surface area (Å²) in [5.41, 5.74) is 1.59. The van der Waals surface area contributed by atoms with E-state index >= 15 is 0 Å². The van der Waals surface area contributed by atoms with Gasteiger partial charge in [0.05, 0.1) is 5.69 Å². The Hall–Kier alpha value is -0.590. The summed E-state index contributed by atoms with van der Waals surface area (Å²) in [5.74, 6) is 0.612. The quantitative estimate of drug-likeness (QED) is 0.852. The SMILES string of the molecule is CC1CCN(S(=O)(=O)Nc2ccccc2CBr)CC1. The van der Waals surface area contributed by atoms with Gasteiger partial charge in [-0.15, -0.1) is 0 Å². The molecule has 0 saturated carbocycles. The molecule has 1 aromatic rings. The van der Waals surface area contributed by atoms with Crippen LogP contribution >= 0.6 is 15.9 Å². The van der Waals surface area contributed by atoms with Crippen molar-refractivity contribution in [3.63, 3.8) is 0 Å². The molecule has 0 aliphatic carbocycles. The van der Waals surface area contributed by atoms with Crippen molar-refractivity contribution in [2.45, 2.75) is 25.1 Å². The van der Waals surface area contributed by atoms with Crippen molar-refractivity contribution in [3.05, 3.63) is 29.8 Å². The first-order valence-electron chi connectivity index (χ1n) is 6.44. The van der Waals surface area contributed by atoms with Crippen LogP contribution in [-0.4, -0.2) is 25.8 Å². The second-order valence-electron chi connectivity index (χ2n) is 4.98. The van der Waals surface area contributed by atoms with Crippen molar-refractivity contribution in [1.82, 2.24) is 4.31 Å². The summed E-state index contributed by atoms with van der Waals surface area (Å²) >= 11 is 3.37. The molecule has 2 rings (SSSR count). The summed E-state index contributed by atoms with van der Waals surface area (Å²) in [5, 5.41) is 0.628. The van der Waals surface area contributed by atoms with Crippen LogP contribution in [0.5, 0.6) is 0 Å². The largest absolute Gasteiger partial charge is 0.301 e. The Balaban J connectivity index is 2.13. The monoisotopic (exact) mass is 346 g/mol. The minimum atomic E-state index is -3.43. The van der Waals surface area contributed by atoms with E-state index in [9.17, 15) is 8.42 Å². The van der Waals surface area contributed by atoms with E-state index in [4.69, 9.17) is 0 Å². The molecule has 0 aromatic heterocycles. The van der Waals surface area contributed by atoms with Crippen LogP contribution in [0.2, 0.25) is 0 Å². The molecule has 0 atom stereocenters. The molecular weight excluding hydrogens is 328 g/mol. The molecule has 0 unspecified atom stereocenters. The Labute approximate surface area is 123 Å². The van der Waals surface area contributed by atoms with E-state index < -0.39 is 10.2 Å². The van der Waals surface area contributed by atoms with Gasteiger partial charge in [0, 0.05) is 18.4 Å². The number of halogens is 1. The van der Waals surface area contributed by atoms with Gasteiger partial charge in [0.1, 0.15) is 0 Å². The molecule has 19 heavy (non-hydrogen) atoms. The predicted octanol–water partition coefficient (Wildman–Crippen LogP) is 2.97. The summed E-state index contributed by atoms with van der Waals surface area (Å²) in [7, 11) is -3.43. The molecule has 6 heteroatoms. The number of nitrogens with zero attached hydrogens (tertiary/aromatic N) is 1. The van der Waals surface area contributed by atoms with Crippen molar-refractivity contribution in [3.8, 4) is 0 Å². The minimum absolute atomic E-state index is 0.604. The Morgan fingerprint density at radius 1 is 1.32 bits per heavy atom. The molecule has 0 bridgehead atoms. The van der Waals surface area contributed by atoms with Crippen molar-refractivity contribution in [2.75, 3.05) is 17.8 Å². The fourth-order valence-corrected chi connectivity index (χ4v) is 3.95. The van der Waals surface area contributed by atoms with Crippen LogP contribution in [0.25, 0.3) is 0 Å². The lowest BCUT2D eigenvalue weighted by Crippen LogP contribution is -2.41. The smallest absolute Gasteiger partial charge is 0.271 e. The molecular formula is C13H19BrN2O2S. The average molecular weight is 347 g/mol. The van der Waals surface area contributed by atoms with Crippen LogP contribution < -0.4 is 4.72 Å². The summed E-state index contributed by atoms with van der Waals surface area (Å²) < 4.78 is 28.9. The molecule has 1 aromatic carbocycles. The molecule has 4 nitrogen and oxygen atoms in total. The molecule has 0 amide bonds. The minimum Gasteiger partial charge on any atom is -0.271 e. The summed E-state index contributed by atoms with van der Waals surface area (Å²) in [6, 6.07) is 7.44. The lowest BCUT2D eigenvalue weighted by atomic mass is 10.0. The van der Waals surface area contributed by atoms with Gasteiger partial charge >= 0.3 is 10.2 Å². The number of para-hydroxylation sites is 1. The third kappa shape index (κ3) is 3.70. The second kappa shape index (κ2) is 6.24. The number of anilines is 1. The van der Waals surface area contributed by atoms with Crippen LogP contribution in [0.15, 0.2) is 24.3 Å². The van der Waals surface area contributed by atoms with Gasteiger partial charge in [-0.2, -0.15) is 12.7 Å². The third-order valence-corrected chi connectivity index (χ3v) is 5.61. The van der Waals surface area contributed by atoms with Crippen molar-refractivity contribution < 1.29 is 8.42 Å². The highest BCUT2D eigenvalue weighted by Gasteiger charge is 2.26. The molecule has 1 fully saturated rings. The molecule has 1 heterocycles. The molecule has 0 radical (unpaired) electrons.